The fraction of sp³-hybridized carbons (Fsp3) is 0.0769. The number of nitro groups is 1. The van der Waals surface area contributed by atoms with Crippen molar-refractivity contribution >= 4 is 43.2 Å². The van der Waals surface area contributed by atoms with E-state index in [0.29, 0.717) is 12.1 Å². The van der Waals surface area contributed by atoms with Gasteiger partial charge in [0.1, 0.15) is 0 Å². The van der Waals surface area contributed by atoms with Crippen LogP contribution in [0.25, 0.3) is 0 Å². The van der Waals surface area contributed by atoms with Gasteiger partial charge in [-0.1, -0.05) is 22.0 Å². The summed E-state index contributed by atoms with van der Waals surface area (Å²) in [4.78, 5) is 9.79. The van der Waals surface area contributed by atoms with Gasteiger partial charge in [0.25, 0.3) is 0 Å². The summed E-state index contributed by atoms with van der Waals surface area (Å²) in [7, 11) is 0. The molecule has 0 saturated carbocycles. The van der Waals surface area contributed by atoms with E-state index >= 15 is 0 Å². The Kier molecular flexibility index (Phi) is 4.72. The Labute approximate surface area is 131 Å². The SMILES string of the molecule is O=[N+]([O-])c1ccc(CNc2cc(Br)ccc2Br)cc1F. The van der Waals surface area contributed by atoms with E-state index in [9.17, 15) is 14.5 Å². The van der Waals surface area contributed by atoms with Gasteiger partial charge >= 0.3 is 5.69 Å². The molecule has 7 heteroatoms. The smallest absolute Gasteiger partial charge is 0.304 e. The lowest BCUT2D eigenvalue weighted by molar-refractivity contribution is -0.387. The van der Waals surface area contributed by atoms with E-state index < -0.39 is 16.4 Å². The van der Waals surface area contributed by atoms with Crippen LogP contribution in [-0.2, 0) is 6.54 Å². The summed E-state index contributed by atoms with van der Waals surface area (Å²) in [5, 5.41) is 13.7. The molecule has 0 aliphatic heterocycles. The quantitative estimate of drug-likeness (QED) is 0.585. The summed E-state index contributed by atoms with van der Waals surface area (Å²) in [5.74, 6) is -0.831. The molecule has 0 radical (unpaired) electrons. The third-order valence-corrected chi connectivity index (χ3v) is 3.80. The number of nitrogens with one attached hydrogen (secondary N) is 1. The second-order valence-electron chi connectivity index (χ2n) is 4.02. The lowest BCUT2D eigenvalue weighted by atomic mass is 10.2. The summed E-state index contributed by atoms with van der Waals surface area (Å²) < 4.78 is 15.3. The molecule has 0 fully saturated rings. The minimum atomic E-state index is -0.831. The van der Waals surface area contributed by atoms with Crippen LogP contribution in [-0.4, -0.2) is 4.92 Å². The van der Waals surface area contributed by atoms with Crippen molar-refractivity contribution in [2.75, 3.05) is 5.32 Å². The van der Waals surface area contributed by atoms with Gasteiger partial charge in [0, 0.05) is 27.2 Å². The number of nitro benzene ring substituents is 1. The summed E-state index contributed by atoms with van der Waals surface area (Å²) in [6.07, 6.45) is 0. The highest BCUT2D eigenvalue weighted by Gasteiger charge is 2.13. The van der Waals surface area contributed by atoms with E-state index in [2.05, 4.69) is 37.2 Å². The van der Waals surface area contributed by atoms with E-state index in [4.69, 9.17) is 0 Å². The third kappa shape index (κ3) is 3.55. The predicted molar refractivity (Wildman–Crippen MR) is 82.2 cm³/mol. The largest absolute Gasteiger partial charge is 0.380 e. The van der Waals surface area contributed by atoms with Crippen molar-refractivity contribution in [3.63, 3.8) is 0 Å². The number of hydrogen-bond donors (Lipinski definition) is 1. The molecule has 0 aliphatic rings. The first-order chi connectivity index (χ1) is 9.47. The number of halogens is 3. The molecular formula is C13H9Br2FN2O2. The van der Waals surface area contributed by atoms with Crippen LogP contribution >= 0.6 is 31.9 Å². The van der Waals surface area contributed by atoms with Crippen molar-refractivity contribution in [2.45, 2.75) is 6.54 Å². The lowest BCUT2D eigenvalue weighted by Gasteiger charge is -2.09. The van der Waals surface area contributed by atoms with Crippen LogP contribution in [0.5, 0.6) is 0 Å². The van der Waals surface area contributed by atoms with Gasteiger partial charge in [-0.25, -0.2) is 0 Å². The normalized spacial score (nSPS) is 10.3. The van der Waals surface area contributed by atoms with Crippen LogP contribution in [0, 0.1) is 15.9 Å². The Hall–Kier alpha value is -1.47. The van der Waals surface area contributed by atoms with Crippen molar-refractivity contribution in [3.05, 3.63) is 66.8 Å². The Morgan fingerprint density at radius 1 is 1.20 bits per heavy atom. The third-order valence-electron chi connectivity index (χ3n) is 2.62. The van der Waals surface area contributed by atoms with Gasteiger partial charge in [-0.05, 0) is 45.8 Å². The van der Waals surface area contributed by atoms with Crippen molar-refractivity contribution < 1.29 is 9.31 Å². The van der Waals surface area contributed by atoms with Gasteiger partial charge in [0.15, 0.2) is 0 Å². The summed E-state index contributed by atoms with van der Waals surface area (Å²) in [5.41, 5.74) is 0.954. The number of hydrogen-bond acceptors (Lipinski definition) is 3. The van der Waals surface area contributed by atoms with E-state index in [-0.39, 0.29) is 0 Å². The van der Waals surface area contributed by atoms with Crippen molar-refractivity contribution in [3.8, 4) is 0 Å². The van der Waals surface area contributed by atoms with Gasteiger partial charge in [-0.2, -0.15) is 4.39 Å². The molecule has 0 aromatic heterocycles. The van der Waals surface area contributed by atoms with Gasteiger partial charge in [0.05, 0.1) is 4.92 Å². The molecule has 0 bridgehead atoms. The van der Waals surface area contributed by atoms with Gasteiger partial charge in [-0.3, -0.25) is 10.1 Å². The van der Waals surface area contributed by atoms with Gasteiger partial charge in [0.2, 0.25) is 5.82 Å². The summed E-state index contributed by atoms with van der Waals surface area (Å²) >= 11 is 6.77. The Bertz CT molecular complexity index is 665. The maximum atomic E-state index is 13.5. The number of rotatable bonds is 4. The molecule has 0 heterocycles. The molecule has 104 valence electrons. The maximum Gasteiger partial charge on any atom is 0.304 e. The molecule has 0 aliphatic carbocycles. The molecule has 2 aromatic rings. The highest BCUT2D eigenvalue weighted by atomic mass is 79.9. The number of nitrogens with zero attached hydrogens (tertiary/aromatic N) is 1. The molecule has 20 heavy (non-hydrogen) atoms. The van der Waals surface area contributed by atoms with Crippen molar-refractivity contribution in [1.82, 2.24) is 0 Å². The maximum absolute atomic E-state index is 13.5. The van der Waals surface area contributed by atoms with E-state index in [1.807, 2.05) is 18.2 Å². The Morgan fingerprint density at radius 2 is 1.95 bits per heavy atom. The highest BCUT2D eigenvalue weighted by molar-refractivity contribution is 9.11. The van der Waals surface area contributed by atoms with Crippen molar-refractivity contribution in [2.24, 2.45) is 0 Å². The lowest BCUT2D eigenvalue weighted by Crippen LogP contribution is -2.01. The zero-order chi connectivity index (χ0) is 14.7. The standard InChI is InChI=1S/C13H9Br2FN2O2/c14-9-2-3-10(15)12(6-9)17-7-8-1-4-13(18(19)20)11(16)5-8/h1-6,17H,7H2. The molecular weight excluding hydrogens is 395 g/mol. The molecule has 1 N–H and O–H groups in total. The van der Waals surface area contributed by atoms with Crippen LogP contribution in [0.15, 0.2) is 45.3 Å². The monoisotopic (exact) mass is 402 g/mol. The minimum absolute atomic E-state index is 0.365. The molecule has 2 aromatic carbocycles. The first-order valence-electron chi connectivity index (χ1n) is 5.59. The molecule has 0 saturated heterocycles. The molecule has 0 atom stereocenters. The number of anilines is 1. The summed E-state index contributed by atoms with van der Waals surface area (Å²) in [6.45, 7) is 0.365. The second kappa shape index (κ2) is 6.32. The molecule has 0 amide bonds. The average Bonchev–Trinajstić information content (AvgIpc) is 2.39. The van der Waals surface area contributed by atoms with E-state index in [0.717, 1.165) is 20.7 Å². The highest BCUT2D eigenvalue weighted by Crippen LogP contribution is 2.27. The zero-order valence-electron chi connectivity index (χ0n) is 10.1. The first kappa shape index (κ1) is 14.9. The van der Waals surface area contributed by atoms with Gasteiger partial charge in [-0.15, -0.1) is 0 Å². The van der Waals surface area contributed by atoms with Crippen LogP contribution in [0.1, 0.15) is 5.56 Å². The van der Waals surface area contributed by atoms with Crippen LogP contribution in [0.3, 0.4) is 0 Å². The zero-order valence-corrected chi connectivity index (χ0v) is 13.2. The predicted octanol–water partition coefficient (Wildman–Crippen LogP) is 4.87. The first-order valence-corrected chi connectivity index (χ1v) is 7.17. The molecule has 4 nitrogen and oxygen atoms in total. The number of benzene rings is 2. The average molecular weight is 404 g/mol. The molecule has 2 rings (SSSR count). The summed E-state index contributed by atoms with van der Waals surface area (Å²) in [6, 6.07) is 9.51. The van der Waals surface area contributed by atoms with E-state index in [1.165, 1.54) is 12.1 Å². The topological polar surface area (TPSA) is 55.2 Å². The molecule has 0 spiro atoms. The van der Waals surface area contributed by atoms with Crippen LogP contribution in [0.2, 0.25) is 0 Å². The minimum Gasteiger partial charge on any atom is -0.380 e. The van der Waals surface area contributed by atoms with E-state index in [1.54, 1.807) is 0 Å². The molecule has 0 unspecified atom stereocenters. The van der Waals surface area contributed by atoms with Crippen molar-refractivity contribution in [1.29, 1.82) is 0 Å². The van der Waals surface area contributed by atoms with Crippen LogP contribution < -0.4 is 5.32 Å². The fourth-order valence-electron chi connectivity index (χ4n) is 1.64. The van der Waals surface area contributed by atoms with Gasteiger partial charge < -0.3 is 5.32 Å². The van der Waals surface area contributed by atoms with Crippen LogP contribution in [0.4, 0.5) is 15.8 Å². The fourth-order valence-corrected chi connectivity index (χ4v) is 2.39. The Balaban J connectivity index is 2.13. The second-order valence-corrected chi connectivity index (χ2v) is 5.79. The Morgan fingerprint density at radius 3 is 2.60 bits per heavy atom.